The van der Waals surface area contributed by atoms with E-state index < -0.39 is 17.7 Å². The molecule has 1 atom stereocenters. The fourth-order valence-electron chi connectivity index (χ4n) is 2.68. The van der Waals surface area contributed by atoms with Crippen molar-refractivity contribution in [1.82, 2.24) is 10.2 Å². The highest BCUT2D eigenvalue weighted by Crippen LogP contribution is 2.43. The first-order valence-corrected chi connectivity index (χ1v) is 7.02. The lowest BCUT2D eigenvalue weighted by Crippen LogP contribution is -2.22. The largest absolute Gasteiger partial charge is 0.469 e. The van der Waals surface area contributed by atoms with Gasteiger partial charge in [0.25, 0.3) is 0 Å². The number of allylic oxidation sites excluding steroid dienone is 1. The Labute approximate surface area is 136 Å². The van der Waals surface area contributed by atoms with Crippen LogP contribution in [-0.2, 0) is 16.0 Å². The molecule has 0 bridgehead atoms. The SMILES string of the molecule is COC(=O)Cc1[nH]nc2c1C(c1ccccc1F)C(C#N)=C(N)O2. The quantitative estimate of drug-likeness (QED) is 0.825. The van der Waals surface area contributed by atoms with Crippen molar-refractivity contribution in [3.63, 3.8) is 0 Å². The Hall–Kier alpha value is -3.34. The first-order valence-electron chi connectivity index (χ1n) is 7.02. The number of benzene rings is 1. The summed E-state index contributed by atoms with van der Waals surface area (Å²) in [7, 11) is 1.26. The van der Waals surface area contributed by atoms with Crippen molar-refractivity contribution in [1.29, 1.82) is 5.26 Å². The van der Waals surface area contributed by atoms with Crippen LogP contribution in [-0.4, -0.2) is 23.3 Å². The predicted octanol–water partition coefficient (Wildman–Crippen LogP) is 1.48. The minimum Gasteiger partial charge on any atom is -0.469 e. The molecule has 0 saturated heterocycles. The third-order valence-corrected chi connectivity index (χ3v) is 3.78. The summed E-state index contributed by atoms with van der Waals surface area (Å²) in [5, 5.41) is 16.1. The number of hydrogen-bond acceptors (Lipinski definition) is 6. The van der Waals surface area contributed by atoms with Crippen molar-refractivity contribution in [2.45, 2.75) is 12.3 Å². The van der Waals surface area contributed by atoms with Gasteiger partial charge in [-0.15, -0.1) is 5.10 Å². The van der Waals surface area contributed by atoms with Gasteiger partial charge in [-0.25, -0.2) is 4.39 Å². The minimum atomic E-state index is -0.821. The predicted molar refractivity (Wildman–Crippen MR) is 80.0 cm³/mol. The molecule has 1 aliphatic heterocycles. The van der Waals surface area contributed by atoms with Crippen LogP contribution >= 0.6 is 0 Å². The third kappa shape index (κ3) is 2.46. The number of rotatable bonds is 3. The topological polar surface area (TPSA) is 114 Å². The van der Waals surface area contributed by atoms with Crippen LogP contribution in [0, 0.1) is 17.1 Å². The van der Waals surface area contributed by atoms with E-state index in [4.69, 9.17) is 10.5 Å². The lowest BCUT2D eigenvalue weighted by Gasteiger charge is -2.24. The van der Waals surface area contributed by atoms with Crippen molar-refractivity contribution in [3.05, 3.63) is 58.4 Å². The molecule has 122 valence electrons. The number of nitrogens with two attached hydrogens (primary N) is 1. The highest BCUT2D eigenvalue weighted by atomic mass is 19.1. The van der Waals surface area contributed by atoms with E-state index in [0.717, 1.165) is 0 Å². The maximum Gasteiger partial charge on any atom is 0.311 e. The molecule has 0 aliphatic carbocycles. The van der Waals surface area contributed by atoms with E-state index in [2.05, 4.69) is 14.9 Å². The van der Waals surface area contributed by atoms with Crippen LogP contribution in [0.25, 0.3) is 0 Å². The zero-order valence-corrected chi connectivity index (χ0v) is 12.7. The molecule has 3 N–H and O–H groups in total. The first-order chi connectivity index (χ1) is 11.6. The fraction of sp³-hybridized carbons (Fsp3) is 0.188. The molecular formula is C16H13FN4O3. The van der Waals surface area contributed by atoms with E-state index in [9.17, 15) is 14.4 Å². The second-order valence-corrected chi connectivity index (χ2v) is 5.12. The number of nitrogens with zero attached hydrogens (tertiary/aromatic N) is 2. The molecule has 7 nitrogen and oxygen atoms in total. The Kier molecular flexibility index (Phi) is 3.92. The van der Waals surface area contributed by atoms with Crippen LogP contribution in [0.2, 0.25) is 0 Å². The van der Waals surface area contributed by atoms with Gasteiger partial charge in [-0.1, -0.05) is 18.2 Å². The Morgan fingerprint density at radius 1 is 1.54 bits per heavy atom. The number of carbonyl (C=O) groups is 1. The second kappa shape index (κ2) is 6.04. The van der Waals surface area contributed by atoms with Gasteiger partial charge in [-0.2, -0.15) is 5.26 Å². The maximum atomic E-state index is 14.3. The summed E-state index contributed by atoms with van der Waals surface area (Å²) in [4.78, 5) is 11.6. The van der Waals surface area contributed by atoms with E-state index in [1.165, 1.54) is 13.2 Å². The Morgan fingerprint density at radius 2 is 2.29 bits per heavy atom. The van der Waals surface area contributed by atoms with Crippen molar-refractivity contribution in [2.24, 2.45) is 5.73 Å². The normalized spacial score (nSPS) is 16.1. The summed E-state index contributed by atoms with van der Waals surface area (Å²) in [6.45, 7) is 0. The molecule has 0 saturated carbocycles. The van der Waals surface area contributed by atoms with Gasteiger partial charge < -0.3 is 15.2 Å². The van der Waals surface area contributed by atoms with Crippen molar-refractivity contribution >= 4 is 5.97 Å². The van der Waals surface area contributed by atoms with Crippen LogP contribution in [0.1, 0.15) is 22.7 Å². The molecule has 1 aliphatic rings. The van der Waals surface area contributed by atoms with E-state index in [-0.39, 0.29) is 29.3 Å². The zero-order valence-electron chi connectivity index (χ0n) is 12.7. The Morgan fingerprint density at radius 3 is 2.96 bits per heavy atom. The number of aromatic amines is 1. The second-order valence-electron chi connectivity index (χ2n) is 5.12. The van der Waals surface area contributed by atoms with E-state index >= 15 is 0 Å². The molecule has 1 unspecified atom stereocenters. The first kappa shape index (κ1) is 15.6. The Balaban J connectivity index is 2.20. The molecule has 1 aromatic carbocycles. The molecule has 2 aromatic rings. The van der Waals surface area contributed by atoms with E-state index in [0.29, 0.717) is 11.3 Å². The number of H-pyrrole nitrogens is 1. The monoisotopic (exact) mass is 328 g/mol. The average Bonchev–Trinajstić information content (AvgIpc) is 2.96. The highest BCUT2D eigenvalue weighted by Gasteiger charge is 2.36. The smallest absolute Gasteiger partial charge is 0.311 e. The summed E-state index contributed by atoms with van der Waals surface area (Å²) < 4.78 is 24.3. The highest BCUT2D eigenvalue weighted by molar-refractivity contribution is 5.73. The van der Waals surface area contributed by atoms with Crippen molar-refractivity contribution < 1.29 is 18.7 Å². The van der Waals surface area contributed by atoms with Gasteiger partial charge in [0.2, 0.25) is 11.8 Å². The molecule has 0 radical (unpaired) electrons. The molecule has 2 heterocycles. The number of methoxy groups -OCH3 is 1. The van der Waals surface area contributed by atoms with Crippen LogP contribution in [0.3, 0.4) is 0 Å². The summed E-state index contributed by atoms with van der Waals surface area (Å²) in [6, 6.07) is 7.99. The third-order valence-electron chi connectivity index (χ3n) is 3.78. The number of halogens is 1. The van der Waals surface area contributed by atoms with Gasteiger partial charge in [0.15, 0.2) is 0 Å². The molecule has 0 spiro atoms. The van der Waals surface area contributed by atoms with Gasteiger partial charge in [-0.05, 0) is 6.07 Å². The summed E-state index contributed by atoms with van der Waals surface area (Å²) in [5.74, 6) is -1.86. The molecule has 24 heavy (non-hydrogen) atoms. The number of aromatic nitrogens is 2. The number of ether oxygens (including phenoxy) is 2. The number of fused-ring (bicyclic) bond motifs is 1. The number of esters is 1. The molecular weight excluding hydrogens is 315 g/mol. The summed E-state index contributed by atoms with van der Waals surface area (Å²) >= 11 is 0. The van der Waals surface area contributed by atoms with Gasteiger partial charge in [0, 0.05) is 5.56 Å². The molecule has 0 fully saturated rings. The van der Waals surface area contributed by atoms with Crippen LogP contribution in [0.15, 0.2) is 35.7 Å². The standard InChI is InChI=1S/C16H13FN4O3/c1-23-12(22)6-11-14-13(8-4-2-3-5-10(8)17)9(7-18)15(19)24-16(14)21-20-11/h2-5,13H,6,19H2,1H3,(H,20,21). The molecule has 1 aromatic heterocycles. The van der Waals surface area contributed by atoms with Crippen molar-refractivity contribution in [2.75, 3.05) is 7.11 Å². The summed E-state index contributed by atoms with van der Waals surface area (Å²) in [5.41, 5.74) is 6.87. The number of nitrogens with one attached hydrogen (secondary N) is 1. The number of hydrogen-bond donors (Lipinski definition) is 2. The Bertz CT molecular complexity index is 882. The fourth-order valence-corrected chi connectivity index (χ4v) is 2.68. The van der Waals surface area contributed by atoms with Gasteiger partial charge in [0.05, 0.1) is 30.7 Å². The minimum absolute atomic E-state index is 0.0557. The average molecular weight is 328 g/mol. The molecule has 8 heteroatoms. The zero-order chi connectivity index (χ0) is 17.3. The number of nitriles is 1. The maximum absolute atomic E-state index is 14.3. The van der Waals surface area contributed by atoms with E-state index in [1.54, 1.807) is 18.2 Å². The molecule has 3 rings (SSSR count). The number of carbonyl (C=O) groups excluding carboxylic acids is 1. The van der Waals surface area contributed by atoms with Crippen molar-refractivity contribution in [3.8, 4) is 11.9 Å². The van der Waals surface area contributed by atoms with E-state index in [1.807, 2.05) is 6.07 Å². The van der Waals surface area contributed by atoms with Gasteiger partial charge in [-0.3, -0.25) is 9.89 Å². The van der Waals surface area contributed by atoms with Gasteiger partial charge >= 0.3 is 5.97 Å². The lowest BCUT2D eigenvalue weighted by atomic mass is 9.83. The van der Waals surface area contributed by atoms with Gasteiger partial charge in [0.1, 0.15) is 17.5 Å². The summed E-state index contributed by atoms with van der Waals surface area (Å²) in [6.07, 6.45) is -0.119. The lowest BCUT2D eigenvalue weighted by molar-refractivity contribution is -0.139. The van der Waals surface area contributed by atoms with Crippen LogP contribution < -0.4 is 10.5 Å². The molecule has 0 amide bonds. The van der Waals surface area contributed by atoms with Crippen LogP contribution in [0.4, 0.5) is 4.39 Å². The van der Waals surface area contributed by atoms with Crippen LogP contribution in [0.5, 0.6) is 5.88 Å².